The summed E-state index contributed by atoms with van der Waals surface area (Å²) in [7, 11) is 0. The Balaban J connectivity index is 1.31. The highest BCUT2D eigenvalue weighted by Gasteiger charge is 2.16. The lowest BCUT2D eigenvalue weighted by Crippen LogP contribution is -2.13. The zero-order valence-corrected chi connectivity index (χ0v) is 21.4. The number of carbonyl (C=O) groups is 1. The van der Waals surface area contributed by atoms with E-state index in [4.69, 9.17) is 32.0 Å². The normalized spacial score (nSPS) is 11.2. The number of hydrogen-bond donors (Lipinski definition) is 1. The molecule has 0 saturated heterocycles. The summed E-state index contributed by atoms with van der Waals surface area (Å²) in [4.78, 5) is 30.4. The number of fused-ring (bicyclic) bond motifs is 2. The monoisotopic (exact) mass is 540 g/mol. The van der Waals surface area contributed by atoms with Crippen molar-refractivity contribution in [1.29, 1.82) is 0 Å². The van der Waals surface area contributed by atoms with E-state index in [2.05, 4.69) is 10.3 Å². The molecular formula is C30H18Cl2N2O4. The number of nitrogens with one attached hydrogen (secondary N) is 1. The molecule has 6 nitrogen and oxygen atoms in total. The Morgan fingerprint density at radius 2 is 1.71 bits per heavy atom. The standard InChI is InChI=1S/C30H18Cl2N2O4/c1-16-9-10-20(29-34-25-15-21(31)14-23(32)27(25)38-29)13-24(16)33-28(35)19-7-4-6-17(11-19)22-12-18-5-2-3-8-26(18)37-30(22)36/h2-15H,1H3,(H,33,35). The van der Waals surface area contributed by atoms with Gasteiger partial charge < -0.3 is 14.2 Å². The van der Waals surface area contributed by atoms with Crippen molar-refractivity contribution in [1.82, 2.24) is 4.98 Å². The number of anilines is 1. The number of nitrogens with zero attached hydrogens (tertiary/aromatic N) is 1. The first-order valence-electron chi connectivity index (χ1n) is 11.7. The van der Waals surface area contributed by atoms with Gasteiger partial charge in [-0.05, 0) is 66.6 Å². The van der Waals surface area contributed by atoms with Crippen molar-refractivity contribution in [2.45, 2.75) is 6.92 Å². The molecule has 6 rings (SSSR count). The minimum Gasteiger partial charge on any atom is -0.435 e. The summed E-state index contributed by atoms with van der Waals surface area (Å²) < 4.78 is 11.3. The highest BCUT2D eigenvalue weighted by atomic mass is 35.5. The summed E-state index contributed by atoms with van der Waals surface area (Å²) in [5.74, 6) is 0.0226. The second kappa shape index (κ2) is 9.49. The van der Waals surface area contributed by atoms with Crippen LogP contribution in [0.2, 0.25) is 10.0 Å². The van der Waals surface area contributed by atoms with Crippen molar-refractivity contribution in [3.05, 3.63) is 117 Å². The summed E-state index contributed by atoms with van der Waals surface area (Å²) in [6.45, 7) is 1.89. The average molecular weight is 541 g/mol. The highest BCUT2D eigenvalue weighted by Crippen LogP contribution is 2.33. The van der Waals surface area contributed by atoms with E-state index in [9.17, 15) is 9.59 Å². The second-order valence-electron chi connectivity index (χ2n) is 8.80. The SMILES string of the molecule is Cc1ccc(-c2nc3cc(Cl)cc(Cl)c3o2)cc1NC(=O)c1cccc(-c2cc3ccccc3oc2=O)c1. The van der Waals surface area contributed by atoms with E-state index in [1.54, 1.807) is 54.6 Å². The van der Waals surface area contributed by atoms with Crippen LogP contribution in [0, 0.1) is 6.92 Å². The van der Waals surface area contributed by atoms with E-state index in [-0.39, 0.29) is 5.91 Å². The molecule has 0 spiro atoms. The molecule has 8 heteroatoms. The lowest BCUT2D eigenvalue weighted by atomic mass is 10.0. The summed E-state index contributed by atoms with van der Waals surface area (Å²) in [6, 6.07) is 24.7. The van der Waals surface area contributed by atoms with Gasteiger partial charge in [0.2, 0.25) is 5.89 Å². The van der Waals surface area contributed by atoms with Gasteiger partial charge in [0, 0.05) is 27.2 Å². The molecule has 0 bridgehead atoms. The van der Waals surface area contributed by atoms with Crippen LogP contribution in [0.4, 0.5) is 5.69 Å². The molecule has 0 aliphatic carbocycles. The topological polar surface area (TPSA) is 85.3 Å². The Kier molecular flexibility index (Phi) is 5.98. The van der Waals surface area contributed by atoms with E-state index in [1.807, 2.05) is 37.3 Å². The first kappa shape index (κ1) is 24.0. The molecule has 0 radical (unpaired) electrons. The van der Waals surface area contributed by atoms with Gasteiger partial charge >= 0.3 is 5.63 Å². The molecule has 2 heterocycles. The van der Waals surface area contributed by atoms with Gasteiger partial charge in [-0.15, -0.1) is 0 Å². The molecule has 186 valence electrons. The van der Waals surface area contributed by atoms with Crippen molar-refractivity contribution in [2.75, 3.05) is 5.32 Å². The summed E-state index contributed by atoms with van der Waals surface area (Å²) in [5, 5.41) is 4.58. The molecule has 4 aromatic carbocycles. The van der Waals surface area contributed by atoms with Gasteiger partial charge in [-0.3, -0.25) is 4.79 Å². The number of rotatable bonds is 4. The molecule has 0 aliphatic rings. The molecule has 0 saturated carbocycles. The number of halogens is 2. The molecular weight excluding hydrogens is 523 g/mol. The Hall–Kier alpha value is -4.39. The smallest absolute Gasteiger partial charge is 0.344 e. The third kappa shape index (κ3) is 4.45. The van der Waals surface area contributed by atoms with Gasteiger partial charge in [0.25, 0.3) is 5.91 Å². The highest BCUT2D eigenvalue weighted by molar-refractivity contribution is 6.38. The lowest BCUT2D eigenvalue weighted by Gasteiger charge is -2.11. The molecule has 1 amide bonds. The summed E-state index contributed by atoms with van der Waals surface area (Å²) in [6.07, 6.45) is 0. The minimum absolute atomic E-state index is 0.329. The fourth-order valence-electron chi connectivity index (χ4n) is 4.26. The summed E-state index contributed by atoms with van der Waals surface area (Å²) >= 11 is 12.3. The Bertz CT molecular complexity index is 1940. The Morgan fingerprint density at radius 3 is 2.58 bits per heavy atom. The number of aryl methyl sites for hydroxylation is 1. The third-order valence-corrected chi connectivity index (χ3v) is 6.72. The molecule has 38 heavy (non-hydrogen) atoms. The number of benzene rings is 4. The van der Waals surface area contributed by atoms with Crippen LogP contribution in [0.3, 0.4) is 0 Å². The van der Waals surface area contributed by atoms with Gasteiger partial charge in [-0.25, -0.2) is 9.78 Å². The predicted molar refractivity (Wildman–Crippen MR) is 150 cm³/mol. The lowest BCUT2D eigenvalue weighted by molar-refractivity contribution is 0.102. The zero-order valence-electron chi connectivity index (χ0n) is 19.9. The van der Waals surface area contributed by atoms with E-state index in [1.165, 1.54) is 0 Å². The van der Waals surface area contributed by atoms with Gasteiger partial charge in [-0.2, -0.15) is 0 Å². The van der Waals surface area contributed by atoms with E-state index in [0.29, 0.717) is 60.6 Å². The minimum atomic E-state index is -0.468. The van der Waals surface area contributed by atoms with Crippen LogP contribution >= 0.6 is 23.2 Å². The quantitative estimate of drug-likeness (QED) is 0.228. The number of hydrogen-bond acceptors (Lipinski definition) is 5. The van der Waals surface area contributed by atoms with Crippen molar-refractivity contribution in [3.63, 3.8) is 0 Å². The van der Waals surface area contributed by atoms with Crippen LogP contribution in [-0.4, -0.2) is 10.9 Å². The largest absolute Gasteiger partial charge is 0.435 e. The van der Waals surface area contributed by atoms with Gasteiger partial charge in [0.15, 0.2) is 5.58 Å². The third-order valence-electron chi connectivity index (χ3n) is 6.22. The van der Waals surface area contributed by atoms with Gasteiger partial charge in [-0.1, -0.05) is 59.6 Å². The summed E-state index contributed by atoms with van der Waals surface area (Å²) in [5.41, 5.74) is 4.49. The van der Waals surface area contributed by atoms with Crippen LogP contribution in [0.1, 0.15) is 15.9 Å². The van der Waals surface area contributed by atoms with Gasteiger partial charge in [0.1, 0.15) is 11.1 Å². The van der Waals surface area contributed by atoms with Crippen molar-refractivity contribution < 1.29 is 13.6 Å². The first-order chi connectivity index (χ1) is 18.4. The first-order valence-corrected chi connectivity index (χ1v) is 12.4. The molecule has 0 fully saturated rings. The maximum atomic E-state index is 13.2. The molecule has 0 atom stereocenters. The van der Waals surface area contributed by atoms with Crippen molar-refractivity contribution in [3.8, 4) is 22.6 Å². The molecule has 2 aromatic heterocycles. The maximum absolute atomic E-state index is 13.2. The number of amides is 1. The number of oxazole rings is 1. The van der Waals surface area contributed by atoms with Crippen LogP contribution in [-0.2, 0) is 0 Å². The fourth-order valence-corrected chi connectivity index (χ4v) is 4.78. The van der Waals surface area contributed by atoms with Crippen LogP contribution in [0.25, 0.3) is 44.7 Å². The van der Waals surface area contributed by atoms with Crippen LogP contribution in [0.5, 0.6) is 0 Å². The Labute approximate surface area is 226 Å². The molecule has 6 aromatic rings. The maximum Gasteiger partial charge on any atom is 0.344 e. The van der Waals surface area contributed by atoms with Crippen molar-refractivity contribution >= 4 is 56.9 Å². The fraction of sp³-hybridized carbons (Fsp3) is 0.0333. The van der Waals surface area contributed by atoms with Crippen molar-refractivity contribution in [2.24, 2.45) is 0 Å². The number of para-hydroxylation sites is 1. The predicted octanol–water partition coefficient (Wildman–Crippen LogP) is 8.14. The van der Waals surface area contributed by atoms with E-state index < -0.39 is 5.63 Å². The number of aromatic nitrogens is 1. The van der Waals surface area contributed by atoms with E-state index in [0.717, 1.165) is 10.9 Å². The second-order valence-corrected chi connectivity index (χ2v) is 9.65. The average Bonchev–Trinajstić information content (AvgIpc) is 3.34. The Morgan fingerprint density at radius 1 is 0.868 bits per heavy atom. The van der Waals surface area contributed by atoms with Crippen LogP contribution < -0.4 is 10.9 Å². The van der Waals surface area contributed by atoms with Gasteiger partial charge in [0.05, 0.1) is 10.6 Å². The molecule has 0 aliphatic heterocycles. The molecule has 0 unspecified atom stereocenters. The van der Waals surface area contributed by atoms with Crippen LogP contribution in [0.15, 0.2) is 98.6 Å². The molecule has 1 N–H and O–H groups in total. The zero-order chi connectivity index (χ0) is 26.4. The van der Waals surface area contributed by atoms with E-state index >= 15 is 0 Å². The number of carbonyl (C=O) groups excluding carboxylic acids is 1.